The van der Waals surface area contributed by atoms with Crippen LogP contribution in [0.5, 0.6) is 0 Å². The van der Waals surface area contributed by atoms with Gasteiger partial charge in [0.1, 0.15) is 11.2 Å². The molecule has 0 saturated carbocycles. The number of para-hydroxylation sites is 2. The quantitative estimate of drug-likeness (QED) is 0.164. The van der Waals surface area contributed by atoms with Crippen LogP contribution in [0.4, 0.5) is 34.1 Å². The fourth-order valence-corrected chi connectivity index (χ4v) is 12.8. The molecule has 10 aromatic rings. The first-order chi connectivity index (χ1) is 32.9. The van der Waals surface area contributed by atoms with Gasteiger partial charge in [0.05, 0.1) is 0 Å². The Morgan fingerprint density at radius 1 is 0.544 bits per heavy atom. The smallest absolute Gasteiger partial charge is 0.252 e. The van der Waals surface area contributed by atoms with Gasteiger partial charge in [-0.05, 0) is 152 Å². The normalized spacial score (nSPS) is 14.3. The standard InChI is InChI=1S/C63H53BN2OS/c1-38-34-55-59-56(35-38)66(44-30-24-40(25-31-44)46-17-13-19-50-48-15-9-11-21-58(48)68-61(46)50)54-37-42(63(5,6)7)27-33-52(54)64(59)51-32-26-41(62(2,3)4)36-53(51)65(55)43-28-22-39(23-29-43)45-16-12-18-49-47-14-8-10-20-57(47)67-60(45)49/h8-12,14-18,20-37H,13,19H2,1-7H3. The Kier molecular flexibility index (Phi) is 9.05. The highest BCUT2D eigenvalue weighted by molar-refractivity contribution is 7.20. The van der Waals surface area contributed by atoms with Gasteiger partial charge in [-0.3, -0.25) is 0 Å². The molecule has 0 radical (unpaired) electrons. The van der Waals surface area contributed by atoms with E-state index in [1.54, 1.807) is 0 Å². The van der Waals surface area contributed by atoms with E-state index in [4.69, 9.17) is 4.42 Å². The molecule has 0 amide bonds. The number of allylic oxidation sites excluding steroid dienone is 1. The van der Waals surface area contributed by atoms with E-state index in [2.05, 4.69) is 222 Å². The van der Waals surface area contributed by atoms with E-state index < -0.39 is 0 Å². The number of hydrogen-bond donors (Lipinski definition) is 0. The highest BCUT2D eigenvalue weighted by Crippen LogP contribution is 2.48. The zero-order valence-electron chi connectivity index (χ0n) is 39.9. The fourth-order valence-electron chi connectivity index (χ4n) is 11.4. The van der Waals surface area contributed by atoms with Crippen LogP contribution in [0.1, 0.15) is 80.7 Å². The van der Waals surface area contributed by atoms with Gasteiger partial charge in [0, 0.05) is 60.0 Å². The average molecular weight is 897 g/mol. The summed E-state index contributed by atoms with van der Waals surface area (Å²) in [6.45, 7) is 16.3. The van der Waals surface area contributed by atoms with E-state index in [1.165, 1.54) is 93.2 Å². The van der Waals surface area contributed by atoms with Crippen LogP contribution in [0.25, 0.3) is 48.7 Å². The Morgan fingerprint density at radius 3 is 1.75 bits per heavy atom. The number of hydrogen-bond acceptors (Lipinski definition) is 4. The summed E-state index contributed by atoms with van der Waals surface area (Å²) in [4.78, 5) is 6.54. The molecule has 1 aliphatic carbocycles. The van der Waals surface area contributed by atoms with Crippen molar-refractivity contribution >= 4 is 106 Å². The number of anilines is 6. The lowest BCUT2D eigenvalue weighted by molar-refractivity contribution is 0.590. The second kappa shape index (κ2) is 15.0. The first kappa shape index (κ1) is 41.1. The van der Waals surface area contributed by atoms with Crippen LogP contribution >= 0.6 is 11.3 Å². The molecule has 3 aliphatic rings. The molecule has 0 unspecified atom stereocenters. The lowest BCUT2D eigenvalue weighted by atomic mass is 9.33. The molecule has 3 nitrogen and oxygen atoms in total. The number of fused-ring (bicyclic) bond motifs is 10. The van der Waals surface area contributed by atoms with Crippen LogP contribution in [-0.4, -0.2) is 6.71 Å². The number of thiophene rings is 1. The van der Waals surface area contributed by atoms with Gasteiger partial charge in [-0.2, -0.15) is 0 Å². The van der Waals surface area contributed by atoms with Crippen molar-refractivity contribution < 1.29 is 4.42 Å². The Balaban J connectivity index is 0.989. The van der Waals surface area contributed by atoms with Gasteiger partial charge in [-0.25, -0.2) is 0 Å². The number of benzene rings is 8. The molecule has 0 spiro atoms. The summed E-state index contributed by atoms with van der Waals surface area (Å²) in [5.41, 5.74) is 23.3. The zero-order valence-corrected chi connectivity index (χ0v) is 40.7. The summed E-state index contributed by atoms with van der Waals surface area (Å²) < 4.78 is 7.90. The molecule has 0 atom stereocenters. The molecule has 4 heterocycles. The van der Waals surface area contributed by atoms with Crippen molar-refractivity contribution in [2.75, 3.05) is 9.80 Å². The third kappa shape index (κ3) is 6.32. The van der Waals surface area contributed by atoms with Gasteiger partial charge in [0.2, 0.25) is 0 Å². The lowest BCUT2D eigenvalue weighted by Crippen LogP contribution is -2.61. The van der Waals surface area contributed by atoms with E-state index >= 15 is 0 Å². The Hall–Kier alpha value is -7.08. The number of nitrogens with zero attached hydrogens (tertiary/aromatic N) is 2. The minimum atomic E-state index is -0.0326. The van der Waals surface area contributed by atoms with Gasteiger partial charge >= 0.3 is 0 Å². The van der Waals surface area contributed by atoms with Crippen molar-refractivity contribution in [3.63, 3.8) is 0 Å². The summed E-state index contributed by atoms with van der Waals surface area (Å²) in [7, 11) is 0. The molecule has 2 aliphatic heterocycles. The molecule has 0 fully saturated rings. The van der Waals surface area contributed by atoms with Crippen molar-refractivity contribution in [1.29, 1.82) is 0 Å². The average Bonchev–Trinajstić information content (AvgIpc) is 3.92. The monoisotopic (exact) mass is 896 g/mol. The third-order valence-electron chi connectivity index (χ3n) is 14.9. The number of rotatable bonds is 4. The highest BCUT2D eigenvalue weighted by Gasteiger charge is 2.44. The minimum Gasteiger partial charge on any atom is -0.455 e. The molecular weight excluding hydrogens is 844 g/mol. The van der Waals surface area contributed by atoms with Crippen LogP contribution in [0.2, 0.25) is 0 Å². The van der Waals surface area contributed by atoms with Crippen molar-refractivity contribution in [1.82, 2.24) is 0 Å². The molecule has 0 saturated heterocycles. The second-order valence-electron chi connectivity index (χ2n) is 21.3. The maximum Gasteiger partial charge on any atom is 0.252 e. The van der Waals surface area contributed by atoms with Crippen LogP contribution < -0.4 is 26.2 Å². The fraction of sp³-hybridized carbons (Fsp3) is 0.175. The third-order valence-corrected chi connectivity index (χ3v) is 16.2. The topological polar surface area (TPSA) is 19.6 Å². The predicted molar refractivity (Wildman–Crippen MR) is 293 cm³/mol. The van der Waals surface area contributed by atoms with Crippen molar-refractivity contribution in [2.45, 2.75) is 72.1 Å². The lowest BCUT2D eigenvalue weighted by Gasteiger charge is -2.45. The van der Waals surface area contributed by atoms with Crippen molar-refractivity contribution in [2.24, 2.45) is 0 Å². The zero-order chi connectivity index (χ0) is 46.2. The van der Waals surface area contributed by atoms with Gasteiger partial charge in [0.15, 0.2) is 0 Å². The summed E-state index contributed by atoms with van der Waals surface area (Å²) in [5.74, 6) is 0. The molecule has 330 valence electrons. The molecule has 68 heavy (non-hydrogen) atoms. The number of aryl methyl sites for hydroxylation is 2. The summed E-state index contributed by atoms with van der Waals surface area (Å²) in [6.07, 6.45) is 4.62. The molecule has 2 aromatic heterocycles. The molecular formula is C63H53BN2OS. The SMILES string of the molecule is Cc1cc2c3c(c1)N(c1ccc(-c4cccc5c4oc4ccccc45)cc1)c1cc(C(C)(C)C)ccc1B3c1ccc(C(C)(C)C)cc1N2c1ccc(C2=CCCc3c2sc2ccccc32)cc1. The van der Waals surface area contributed by atoms with Gasteiger partial charge in [0.25, 0.3) is 6.71 Å². The molecule has 5 heteroatoms. The van der Waals surface area contributed by atoms with Gasteiger partial charge in [-0.1, -0.05) is 151 Å². The Labute approximate surface area is 404 Å². The van der Waals surface area contributed by atoms with Crippen LogP contribution in [-0.2, 0) is 17.3 Å². The largest absolute Gasteiger partial charge is 0.455 e. The van der Waals surface area contributed by atoms with E-state index in [1.807, 2.05) is 17.4 Å². The summed E-state index contributed by atoms with van der Waals surface area (Å²) >= 11 is 1.94. The first-order valence-corrected chi connectivity index (χ1v) is 25.1. The first-order valence-electron chi connectivity index (χ1n) is 24.2. The minimum absolute atomic E-state index is 0.0248. The van der Waals surface area contributed by atoms with Crippen molar-refractivity contribution in [3.05, 3.63) is 203 Å². The number of furan rings is 1. The van der Waals surface area contributed by atoms with Gasteiger partial charge in [-0.15, -0.1) is 11.3 Å². The second-order valence-corrected chi connectivity index (χ2v) is 22.4. The molecule has 0 bridgehead atoms. The molecule has 0 N–H and O–H groups in total. The maximum absolute atomic E-state index is 6.53. The maximum atomic E-state index is 6.53. The van der Waals surface area contributed by atoms with E-state index in [9.17, 15) is 0 Å². The van der Waals surface area contributed by atoms with Crippen LogP contribution in [0.15, 0.2) is 174 Å². The molecule has 8 aromatic carbocycles. The van der Waals surface area contributed by atoms with E-state index in [0.717, 1.165) is 51.6 Å². The van der Waals surface area contributed by atoms with E-state index in [0.29, 0.717) is 0 Å². The summed E-state index contributed by atoms with van der Waals surface area (Å²) in [6, 6.07) is 61.9. The van der Waals surface area contributed by atoms with Crippen molar-refractivity contribution in [3.8, 4) is 11.1 Å². The predicted octanol–water partition coefficient (Wildman–Crippen LogP) is 15.8. The van der Waals surface area contributed by atoms with Gasteiger partial charge < -0.3 is 14.2 Å². The molecule has 13 rings (SSSR count). The van der Waals surface area contributed by atoms with Crippen LogP contribution in [0, 0.1) is 6.92 Å². The van der Waals surface area contributed by atoms with Crippen LogP contribution in [0.3, 0.4) is 0 Å². The highest BCUT2D eigenvalue weighted by atomic mass is 32.1. The Bertz CT molecular complexity index is 3730. The Morgan fingerprint density at radius 2 is 1.12 bits per heavy atom. The summed E-state index contributed by atoms with van der Waals surface area (Å²) in [5, 5.41) is 3.70. The van der Waals surface area contributed by atoms with E-state index in [-0.39, 0.29) is 17.5 Å².